The maximum Gasteiger partial charge on any atom is 0.256 e. The number of nitrogens with one attached hydrogen (secondary N) is 2. The zero-order chi connectivity index (χ0) is 22.8. The van der Waals surface area contributed by atoms with Crippen LogP contribution in [0.2, 0.25) is 0 Å². The molecule has 1 fully saturated rings. The second-order valence-electron chi connectivity index (χ2n) is 7.73. The average molecular weight is 445 g/mol. The maximum atomic E-state index is 12.8. The molecular formula is C21H24N4O5S. The molecule has 0 saturated carbocycles. The fourth-order valence-electron chi connectivity index (χ4n) is 3.25. The number of rotatable bonds is 7. The molecule has 3 rings (SSSR count). The SMILES string of the molecule is CC(C)CC(=O)Nc1ccc(NC2CC(=O)N(c3cccc(S(N)(=O)=O)c3)C2=O)cc1. The third kappa shape index (κ3) is 5.47. The molecule has 1 atom stereocenters. The molecule has 0 radical (unpaired) electrons. The minimum atomic E-state index is -3.97. The lowest BCUT2D eigenvalue weighted by molar-refractivity contribution is -0.121. The van der Waals surface area contributed by atoms with Crippen LogP contribution in [-0.4, -0.2) is 32.2 Å². The summed E-state index contributed by atoms with van der Waals surface area (Å²) in [6, 6.07) is 11.4. The molecule has 0 spiro atoms. The van der Waals surface area contributed by atoms with Crippen molar-refractivity contribution in [3.05, 3.63) is 48.5 Å². The van der Waals surface area contributed by atoms with Crippen molar-refractivity contribution in [2.75, 3.05) is 15.5 Å². The summed E-state index contributed by atoms with van der Waals surface area (Å²) in [5.41, 5.74) is 1.38. The van der Waals surface area contributed by atoms with Gasteiger partial charge >= 0.3 is 0 Å². The molecule has 9 nitrogen and oxygen atoms in total. The van der Waals surface area contributed by atoms with Crippen LogP contribution in [-0.2, 0) is 24.4 Å². The van der Waals surface area contributed by atoms with E-state index in [1.165, 1.54) is 24.3 Å². The Balaban J connectivity index is 1.70. The average Bonchev–Trinajstić information content (AvgIpc) is 2.95. The Morgan fingerprint density at radius 2 is 1.77 bits per heavy atom. The first-order chi connectivity index (χ1) is 14.5. The Kier molecular flexibility index (Phi) is 6.42. The minimum Gasteiger partial charge on any atom is -0.373 e. The summed E-state index contributed by atoms with van der Waals surface area (Å²) in [4.78, 5) is 37.9. The fourth-order valence-corrected chi connectivity index (χ4v) is 3.80. The molecule has 2 aromatic carbocycles. The van der Waals surface area contributed by atoms with Gasteiger partial charge in [-0.15, -0.1) is 0 Å². The Hall–Kier alpha value is -3.24. The van der Waals surface area contributed by atoms with Crippen LogP contribution < -0.4 is 20.7 Å². The van der Waals surface area contributed by atoms with Gasteiger partial charge in [-0.05, 0) is 48.4 Å². The lowest BCUT2D eigenvalue weighted by atomic mass is 10.1. The number of hydrogen-bond donors (Lipinski definition) is 3. The molecule has 0 aromatic heterocycles. The van der Waals surface area contributed by atoms with Crippen LogP contribution in [0.1, 0.15) is 26.7 Å². The second-order valence-corrected chi connectivity index (χ2v) is 9.30. The van der Waals surface area contributed by atoms with Gasteiger partial charge in [0.2, 0.25) is 21.8 Å². The predicted octanol–water partition coefficient (Wildman–Crippen LogP) is 2.06. The highest BCUT2D eigenvalue weighted by atomic mass is 32.2. The molecule has 1 saturated heterocycles. The summed E-state index contributed by atoms with van der Waals surface area (Å²) in [6.45, 7) is 3.92. The van der Waals surface area contributed by atoms with Crippen molar-refractivity contribution in [2.45, 2.75) is 37.6 Å². The van der Waals surface area contributed by atoms with Crippen LogP contribution >= 0.6 is 0 Å². The van der Waals surface area contributed by atoms with Gasteiger partial charge < -0.3 is 10.6 Å². The number of imide groups is 1. The van der Waals surface area contributed by atoms with E-state index in [9.17, 15) is 22.8 Å². The molecule has 2 aromatic rings. The molecule has 1 aliphatic rings. The third-order valence-corrected chi connectivity index (χ3v) is 5.57. The quantitative estimate of drug-likeness (QED) is 0.559. The number of anilines is 3. The highest BCUT2D eigenvalue weighted by molar-refractivity contribution is 7.89. The van der Waals surface area contributed by atoms with Crippen molar-refractivity contribution < 1.29 is 22.8 Å². The summed E-state index contributed by atoms with van der Waals surface area (Å²) in [7, 11) is -3.97. The van der Waals surface area contributed by atoms with Crippen LogP contribution in [0.4, 0.5) is 17.1 Å². The van der Waals surface area contributed by atoms with Gasteiger partial charge in [0, 0.05) is 17.8 Å². The third-order valence-electron chi connectivity index (χ3n) is 4.65. The van der Waals surface area contributed by atoms with Crippen LogP contribution in [0.3, 0.4) is 0 Å². The number of benzene rings is 2. The zero-order valence-corrected chi connectivity index (χ0v) is 18.0. The van der Waals surface area contributed by atoms with E-state index in [0.29, 0.717) is 17.8 Å². The van der Waals surface area contributed by atoms with E-state index in [0.717, 1.165) is 4.90 Å². The Labute approximate surface area is 180 Å². The topological polar surface area (TPSA) is 139 Å². The monoisotopic (exact) mass is 444 g/mol. The Morgan fingerprint density at radius 3 is 2.39 bits per heavy atom. The number of primary sulfonamides is 1. The molecule has 1 aliphatic heterocycles. The van der Waals surface area contributed by atoms with Crippen molar-refractivity contribution in [1.82, 2.24) is 0 Å². The lowest BCUT2D eigenvalue weighted by Gasteiger charge is -2.17. The smallest absolute Gasteiger partial charge is 0.256 e. The lowest BCUT2D eigenvalue weighted by Crippen LogP contribution is -2.35. The van der Waals surface area contributed by atoms with Crippen molar-refractivity contribution in [3.8, 4) is 0 Å². The summed E-state index contributed by atoms with van der Waals surface area (Å²) in [5.74, 6) is -0.775. The number of nitrogens with zero attached hydrogens (tertiary/aromatic N) is 1. The van der Waals surface area contributed by atoms with Crippen molar-refractivity contribution in [3.63, 3.8) is 0 Å². The van der Waals surface area contributed by atoms with E-state index in [2.05, 4.69) is 10.6 Å². The molecule has 31 heavy (non-hydrogen) atoms. The van der Waals surface area contributed by atoms with Gasteiger partial charge in [-0.1, -0.05) is 19.9 Å². The van der Waals surface area contributed by atoms with Gasteiger partial charge in [-0.3, -0.25) is 14.4 Å². The molecule has 1 heterocycles. The van der Waals surface area contributed by atoms with Crippen LogP contribution in [0, 0.1) is 5.92 Å². The van der Waals surface area contributed by atoms with Gasteiger partial charge in [-0.25, -0.2) is 18.5 Å². The van der Waals surface area contributed by atoms with Gasteiger partial charge in [0.05, 0.1) is 17.0 Å². The highest BCUT2D eigenvalue weighted by Crippen LogP contribution is 2.27. The zero-order valence-electron chi connectivity index (χ0n) is 17.2. The van der Waals surface area contributed by atoms with Crippen LogP contribution in [0.5, 0.6) is 0 Å². The molecule has 164 valence electrons. The minimum absolute atomic E-state index is 0.0781. The maximum absolute atomic E-state index is 12.8. The van der Waals surface area contributed by atoms with Gasteiger partial charge in [-0.2, -0.15) is 0 Å². The number of amides is 3. The standard InChI is InChI=1S/C21H24N4O5S/c1-13(2)10-19(26)24-15-8-6-14(7-9-15)23-18-12-20(27)25(21(18)28)16-4-3-5-17(11-16)31(22,29)30/h3-9,11,13,18,23H,10,12H2,1-2H3,(H,24,26)(H2,22,29,30). The van der Waals surface area contributed by atoms with Gasteiger partial charge in [0.1, 0.15) is 6.04 Å². The van der Waals surface area contributed by atoms with E-state index in [1.54, 1.807) is 24.3 Å². The van der Waals surface area contributed by atoms with Crippen LogP contribution in [0.25, 0.3) is 0 Å². The molecular weight excluding hydrogens is 420 g/mol. The first-order valence-electron chi connectivity index (χ1n) is 9.70. The Morgan fingerprint density at radius 1 is 1.13 bits per heavy atom. The molecule has 4 N–H and O–H groups in total. The van der Waals surface area contributed by atoms with Gasteiger partial charge in [0.25, 0.3) is 5.91 Å². The van der Waals surface area contributed by atoms with E-state index < -0.39 is 27.9 Å². The molecule has 1 unspecified atom stereocenters. The summed E-state index contributed by atoms with van der Waals surface area (Å²) < 4.78 is 23.1. The summed E-state index contributed by atoms with van der Waals surface area (Å²) in [5, 5.41) is 10.9. The molecule has 0 aliphatic carbocycles. The summed E-state index contributed by atoms with van der Waals surface area (Å²) in [6.07, 6.45) is 0.340. The number of nitrogens with two attached hydrogens (primary N) is 1. The molecule has 0 bridgehead atoms. The molecule has 10 heteroatoms. The number of carbonyl (C=O) groups is 3. The van der Waals surface area contributed by atoms with Crippen LogP contribution in [0.15, 0.2) is 53.4 Å². The van der Waals surface area contributed by atoms with Crippen molar-refractivity contribution in [1.29, 1.82) is 0 Å². The highest BCUT2D eigenvalue weighted by Gasteiger charge is 2.39. The van der Waals surface area contributed by atoms with Crippen molar-refractivity contribution >= 4 is 44.8 Å². The fraction of sp³-hybridized carbons (Fsp3) is 0.286. The number of hydrogen-bond acceptors (Lipinski definition) is 6. The van der Waals surface area contributed by atoms with E-state index >= 15 is 0 Å². The van der Waals surface area contributed by atoms with Gasteiger partial charge in [0.15, 0.2) is 0 Å². The second kappa shape index (κ2) is 8.86. The molecule has 3 amide bonds. The Bertz CT molecular complexity index is 1110. The first kappa shape index (κ1) is 22.4. The van der Waals surface area contributed by atoms with E-state index in [4.69, 9.17) is 5.14 Å². The van der Waals surface area contributed by atoms with Crippen molar-refractivity contribution in [2.24, 2.45) is 11.1 Å². The normalized spacial score (nSPS) is 16.6. The number of carbonyl (C=O) groups excluding carboxylic acids is 3. The predicted molar refractivity (Wildman–Crippen MR) is 117 cm³/mol. The van der Waals surface area contributed by atoms with E-state index in [-0.39, 0.29) is 28.8 Å². The first-order valence-corrected chi connectivity index (χ1v) is 11.3. The summed E-state index contributed by atoms with van der Waals surface area (Å²) >= 11 is 0. The largest absolute Gasteiger partial charge is 0.373 e. The number of sulfonamides is 1. The van der Waals surface area contributed by atoms with E-state index in [1.807, 2.05) is 13.8 Å².